The Balaban J connectivity index is 1.26. The molecule has 2 aromatic carbocycles. The lowest BCUT2D eigenvalue weighted by atomic mass is 9.76. The van der Waals surface area contributed by atoms with E-state index in [0.29, 0.717) is 6.42 Å². The zero-order valence-corrected chi connectivity index (χ0v) is 19.5. The van der Waals surface area contributed by atoms with Crippen molar-refractivity contribution in [2.75, 3.05) is 32.7 Å². The number of urea groups is 1. The first-order chi connectivity index (χ1) is 16.3. The van der Waals surface area contributed by atoms with Crippen molar-refractivity contribution < 1.29 is 22.8 Å². The smallest absolute Gasteiger partial charge is 0.325 e. The number of imide groups is 1. The van der Waals surface area contributed by atoms with Gasteiger partial charge in [-0.3, -0.25) is 14.5 Å². The lowest BCUT2D eigenvalue weighted by molar-refractivity contribution is -0.140. The maximum absolute atomic E-state index is 13.4. The Bertz CT molecular complexity index is 1240. The molecule has 1 atom stereocenters. The van der Waals surface area contributed by atoms with Gasteiger partial charge < -0.3 is 10.2 Å². The van der Waals surface area contributed by atoms with E-state index < -0.39 is 27.5 Å². The van der Waals surface area contributed by atoms with E-state index in [1.165, 1.54) is 9.21 Å². The number of nitrogens with one attached hydrogen (secondary N) is 1. The van der Waals surface area contributed by atoms with Gasteiger partial charge in [0.15, 0.2) is 0 Å². The maximum atomic E-state index is 13.4. The summed E-state index contributed by atoms with van der Waals surface area (Å²) in [5, 5.41) is 2.86. The molecule has 178 valence electrons. The van der Waals surface area contributed by atoms with Gasteiger partial charge in [0, 0.05) is 26.2 Å². The molecule has 5 rings (SSSR count). The molecule has 34 heavy (non-hydrogen) atoms. The van der Waals surface area contributed by atoms with Gasteiger partial charge in [-0.25, -0.2) is 13.2 Å². The predicted octanol–water partition coefficient (Wildman–Crippen LogP) is 1.30. The normalized spacial score (nSPS) is 23.2. The molecule has 0 unspecified atom stereocenters. The second-order valence-corrected chi connectivity index (χ2v) is 10.8. The number of carbonyl (C=O) groups is 3. The molecule has 1 spiro atoms. The Morgan fingerprint density at radius 3 is 2.35 bits per heavy atom. The van der Waals surface area contributed by atoms with Crippen molar-refractivity contribution in [3.05, 3.63) is 65.7 Å². The number of piperazine rings is 1. The molecule has 10 heteroatoms. The van der Waals surface area contributed by atoms with Gasteiger partial charge in [0.05, 0.1) is 4.90 Å². The van der Waals surface area contributed by atoms with E-state index in [1.54, 1.807) is 30.3 Å². The minimum absolute atomic E-state index is 0.153. The highest BCUT2D eigenvalue weighted by Gasteiger charge is 2.54. The summed E-state index contributed by atoms with van der Waals surface area (Å²) in [6.45, 7) is 0.339. The SMILES string of the molecule is O=C(CN1C(=O)N[C@]2(CCCc3ccccc32)C1=O)N1CCN(S(=O)(=O)c2ccccc2)CC1. The molecule has 2 aliphatic heterocycles. The molecule has 2 heterocycles. The molecule has 2 aromatic rings. The van der Waals surface area contributed by atoms with Gasteiger partial charge >= 0.3 is 6.03 Å². The number of amides is 4. The van der Waals surface area contributed by atoms with Crippen molar-refractivity contribution in [2.45, 2.75) is 29.7 Å². The number of hydrogen-bond donors (Lipinski definition) is 1. The Kier molecular flexibility index (Phi) is 5.65. The molecular formula is C24H26N4O5S. The number of carbonyl (C=O) groups excluding carboxylic acids is 3. The van der Waals surface area contributed by atoms with Crippen LogP contribution in [0.15, 0.2) is 59.5 Å². The lowest BCUT2D eigenvalue weighted by Crippen LogP contribution is -2.53. The Morgan fingerprint density at radius 2 is 1.62 bits per heavy atom. The molecule has 0 bridgehead atoms. The highest BCUT2D eigenvalue weighted by Crippen LogP contribution is 2.39. The number of benzene rings is 2. The zero-order chi connectivity index (χ0) is 23.9. The van der Waals surface area contributed by atoms with E-state index in [1.807, 2.05) is 24.3 Å². The van der Waals surface area contributed by atoms with Crippen LogP contribution < -0.4 is 5.32 Å². The van der Waals surface area contributed by atoms with Crippen molar-refractivity contribution >= 4 is 27.9 Å². The minimum atomic E-state index is -3.63. The first-order valence-corrected chi connectivity index (χ1v) is 12.8. The first-order valence-electron chi connectivity index (χ1n) is 11.4. The van der Waals surface area contributed by atoms with Gasteiger partial charge in [-0.2, -0.15) is 4.31 Å². The third-order valence-corrected chi connectivity index (χ3v) is 8.83. The van der Waals surface area contributed by atoms with Gasteiger partial charge in [0.1, 0.15) is 12.1 Å². The van der Waals surface area contributed by atoms with Crippen LogP contribution in [0.25, 0.3) is 0 Å². The van der Waals surface area contributed by atoms with E-state index in [9.17, 15) is 22.8 Å². The summed E-state index contributed by atoms with van der Waals surface area (Å²) >= 11 is 0. The van der Waals surface area contributed by atoms with Gasteiger partial charge in [-0.15, -0.1) is 0 Å². The molecule has 0 aromatic heterocycles. The Morgan fingerprint density at radius 1 is 0.941 bits per heavy atom. The van der Waals surface area contributed by atoms with Crippen LogP contribution in [0.3, 0.4) is 0 Å². The summed E-state index contributed by atoms with van der Waals surface area (Å²) in [5.74, 6) is -0.773. The zero-order valence-electron chi connectivity index (χ0n) is 18.6. The second kappa shape index (κ2) is 8.52. The summed E-state index contributed by atoms with van der Waals surface area (Å²) in [5.41, 5.74) is 0.717. The molecular weight excluding hydrogens is 456 g/mol. The van der Waals surface area contributed by atoms with Crippen LogP contribution in [0.1, 0.15) is 24.0 Å². The average molecular weight is 483 g/mol. The quantitative estimate of drug-likeness (QED) is 0.661. The predicted molar refractivity (Wildman–Crippen MR) is 123 cm³/mol. The van der Waals surface area contributed by atoms with Crippen molar-refractivity contribution in [1.82, 2.24) is 19.4 Å². The molecule has 1 N–H and O–H groups in total. The number of nitrogens with zero attached hydrogens (tertiary/aromatic N) is 3. The van der Waals surface area contributed by atoms with Crippen LogP contribution in [0.2, 0.25) is 0 Å². The van der Waals surface area contributed by atoms with Gasteiger partial charge in [-0.05, 0) is 42.5 Å². The summed E-state index contributed by atoms with van der Waals surface area (Å²) in [6.07, 6.45) is 2.11. The first kappa shape index (κ1) is 22.5. The van der Waals surface area contributed by atoms with Crippen molar-refractivity contribution in [3.63, 3.8) is 0 Å². The third kappa shape index (κ3) is 3.67. The molecule has 0 saturated carbocycles. The fraction of sp³-hybridized carbons (Fsp3) is 0.375. The number of hydrogen-bond acceptors (Lipinski definition) is 5. The average Bonchev–Trinajstić information content (AvgIpc) is 3.09. The fourth-order valence-electron chi connectivity index (χ4n) is 5.11. The molecule has 0 radical (unpaired) electrons. The van der Waals surface area contributed by atoms with E-state index >= 15 is 0 Å². The lowest BCUT2D eigenvalue weighted by Gasteiger charge is -2.35. The highest BCUT2D eigenvalue weighted by atomic mass is 32.2. The van der Waals surface area contributed by atoms with Crippen LogP contribution in [-0.4, -0.2) is 73.1 Å². The Hall–Kier alpha value is -3.24. The van der Waals surface area contributed by atoms with Crippen LogP contribution in [0.4, 0.5) is 4.79 Å². The third-order valence-electron chi connectivity index (χ3n) is 6.92. The largest absolute Gasteiger partial charge is 0.338 e. The second-order valence-electron chi connectivity index (χ2n) is 8.84. The van der Waals surface area contributed by atoms with E-state index in [0.717, 1.165) is 28.9 Å². The van der Waals surface area contributed by atoms with Gasteiger partial charge in [-0.1, -0.05) is 42.5 Å². The van der Waals surface area contributed by atoms with Crippen molar-refractivity contribution in [2.24, 2.45) is 0 Å². The monoisotopic (exact) mass is 482 g/mol. The summed E-state index contributed by atoms with van der Waals surface area (Å²) < 4.78 is 27.0. The Labute approximate surface area is 198 Å². The topological polar surface area (TPSA) is 107 Å². The van der Waals surface area contributed by atoms with Crippen LogP contribution in [-0.2, 0) is 31.6 Å². The van der Waals surface area contributed by atoms with Crippen LogP contribution in [0.5, 0.6) is 0 Å². The molecule has 2 fully saturated rings. The molecule has 3 aliphatic rings. The van der Waals surface area contributed by atoms with Crippen LogP contribution in [0, 0.1) is 0 Å². The number of sulfonamides is 1. The van der Waals surface area contributed by atoms with E-state index in [-0.39, 0.29) is 43.5 Å². The van der Waals surface area contributed by atoms with Crippen molar-refractivity contribution in [3.8, 4) is 0 Å². The standard InChI is InChI=1S/C24H26N4O5S/c29-21(26-13-15-27(16-14-26)34(32,33)19-9-2-1-3-10-19)17-28-22(30)24(25-23(28)31)12-6-8-18-7-4-5-11-20(18)24/h1-5,7,9-11H,6,8,12-17H2,(H,25,31)/t24-/m0/s1. The summed E-state index contributed by atoms with van der Waals surface area (Å²) in [6, 6.07) is 15.2. The van der Waals surface area contributed by atoms with E-state index in [4.69, 9.17) is 0 Å². The van der Waals surface area contributed by atoms with Gasteiger partial charge in [0.2, 0.25) is 15.9 Å². The fourth-order valence-corrected chi connectivity index (χ4v) is 6.55. The van der Waals surface area contributed by atoms with Crippen molar-refractivity contribution in [1.29, 1.82) is 0 Å². The van der Waals surface area contributed by atoms with Gasteiger partial charge in [0.25, 0.3) is 5.91 Å². The number of rotatable bonds is 4. The van der Waals surface area contributed by atoms with E-state index in [2.05, 4.69) is 5.32 Å². The minimum Gasteiger partial charge on any atom is -0.338 e. The van der Waals surface area contributed by atoms with Crippen LogP contribution >= 0.6 is 0 Å². The molecule has 9 nitrogen and oxygen atoms in total. The highest BCUT2D eigenvalue weighted by molar-refractivity contribution is 7.89. The number of aryl methyl sites for hydroxylation is 1. The summed E-state index contributed by atoms with van der Waals surface area (Å²) in [4.78, 5) is 41.9. The molecule has 1 aliphatic carbocycles. The number of fused-ring (bicyclic) bond motifs is 2. The maximum Gasteiger partial charge on any atom is 0.325 e. The molecule has 2 saturated heterocycles. The molecule has 4 amide bonds. The summed E-state index contributed by atoms with van der Waals surface area (Å²) in [7, 11) is -3.63.